The third-order valence-electron chi connectivity index (χ3n) is 4.38. The number of rotatable bonds is 5. The summed E-state index contributed by atoms with van der Waals surface area (Å²) in [5.41, 5.74) is 6.08. The van der Waals surface area contributed by atoms with Gasteiger partial charge in [0.05, 0.1) is 6.61 Å². The summed E-state index contributed by atoms with van der Waals surface area (Å²) >= 11 is 0. The lowest BCUT2D eigenvalue weighted by Crippen LogP contribution is -2.53. The first-order chi connectivity index (χ1) is 8.70. The fourth-order valence-corrected chi connectivity index (χ4v) is 3.59. The number of nitrogens with two attached hydrogens (primary N) is 1. The molecule has 2 rings (SSSR count). The normalized spacial score (nSPS) is 33.4. The molecule has 2 atom stereocenters. The van der Waals surface area contributed by atoms with Crippen LogP contribution < -0.4 is 11.1 Å². The molecule has 0 aromatic heterocycles. The van der Waals surface area contributed by atoms with E-state index in [2.05, 4.69) is 5.32 Å². The number of hydrogen-bond acceptors (Lipinski definition) is 3. The fourth-order valence-electron chi connectivity index (χ4n) is 3.59. The lowest BCUT2D eigenvalue weighted by Gasteiger charge is -2.45. The van der Waals surface area contributed by atoms with E-state index in [0.717, 1.165) is 12.8 Å². The monoisotopic (exact) mass is 290 g/mol. The molecule has 0 saturated heterocycles. The maximum Gasteiger partial charge on any atom is 0.222 e. The number of hydrogen-bond donors (Lipinski definition) is 2. The van der Waals surface area contributed by atoms with E-state index in [0.29, 0.717) is 43.6 Å². The predicted octanol–water partition coefficient (Wildman–Crippen LogP) is 1.86. The van der Waals surface area contributed by atoms with Crippen molar-refractivity contribution in [3.05, 3.63) is 0 Å². The molecule has 2 aliphatic carbocycles. The van der Waals surface area contributed by atoms with Crippen LogP contribution in [0.2, 0.25) is 0 Å². The second kappa shape index (κ2) is 8.08. The van der Waals surface area contributed by atoms with Crippen molar-refractivity contribution in [1.29, 1.82) is 0 Å². The summed E-state index contributed by atoms with van der Waals surface area (Å²) in [5, 5.41) is 3.23. The molecule has 2 saturated carbocycles. The van der Waals surface area contributed by atoms with Gasteiger partial charge in [0.1, 0.15) is 0 Å². The number of amides is 1. The number of carbonyl (C=O) groups excluding carboxylic acids is 1. The van der Waals surface area contributed by atoms with E-state index in [1.165, 1.54) is 19.3 Å². The van der Waals surface area contributed by atoms with Gasteiger partial charge < -0.3 is 15.8 Å². The van der Waals surface area contributed by atoms with Gasteiger partial charge in [-0.3, -0.25) is 4.79 Å². The third-order valence-corrected chi connectivity index (χ3v) is 4.38. The Balaban J connectivity index is 0.00000180. The Labute approximate surface area is 122 Å². The largest absolute Gasteiger partial charge is 0.381 e. The molecule has 2 aliphatic rings. The van der Waals surface area contributed by atoms with Gasteiger partial charge in [-0.05, 0) is 44.4 Å². The number of fused-ring (bicyclic) bond motifs is 2. The van der Waals surface area contributed by atoms with Crippen LogP contribution in [0.1, 0.15) is 45.4 Å². The van der Waals surface area contributed by atoms with Crippen molar-refractivity contribution in [3.8, 4) is 0 Å². The Morgan fingerprint density at radius 1 is 1.32 bits per heavy atom. The molecule has 0 aromatic carbocycles. The third kappa shape index (κ3) is 4.62. The first kappa shape index (κ1) is 16.7. The van der Waals surface area contributed by atoms with Gasteiger partial charge in [-0.1, -0.05) is 6.42 Å². The molecule has 2 bridgehead atoms. The number of nitrogens with one attached hydrogen (secondary N) is 1. The highest BCUT2D eigenvalue weighted by Gasteiger charge is 2.39. The first-order valence-electron chi connectivity index (χ1n) is 7.33. The minimum Gasteiger partial charge on any atom is -0.381 e. The SMILES string of the molecule is CCOCCC(=O)NC1C2CCCC1CC(N)C2.Cl. The van der Waals surface area contributed by atoms with E-state index in [4.69, 9.17) is 10.5 Å². The predicted molar refractivity (Wildman–Crippen MR) is 78.3 cm³/mol. The first-order valence-corrected chi connectivity index (χ1v) is 7.33. The van der Waals surface area contributed by atoms with Crippen LogP contribution in [0.25, 0.3) is 0 Å². The zero-order valence-electron chi connectivity index (χ0n) is 11.8. The molecule has 0 spiro atoms. The highest BCUT2D eigenvalue weighted by Crippen LogP contribution is 2.39. The molecule has 2 unspecified atom stereocenters. The van der Waals surface area contributed by atoms with Crippen molar-refractivity contribution in [2.45, 2.75) is 57.5 Å². The molecule has 112 valence electrons. The van der Waals surface area contributed by atoms with Crippen molar-refractivity contribution < 1.29 is 9.53 Å². The van der Waals surface area contributed by atoms with Crippen molar-refractivity contribution in [2.75, 3.05) is 13.2 Å². The Morgan fingerprint density at radius 3 is 2.53 bits per heavy atom. The van der Waals surface area contributed by atoms with Gasteiger partial charge in [0.2, 0.25) is 5.91 Å². The molecule has 4 nitrogen and oxygen atoms in total. The van der Waals surface area contributed by atoms with E-state index in [1.54, 1.807) is 0 Å². The van der Waals surface area contributed by atoms with Crippen LogP contribution in [0.4, 0.5) is 0 Å². The van der Waals surface area contributed by atoms with E-state index in [-0.39, 0.29) is 18.3 Å². The maximum absolute atomic E-state index is 11.9. The Hall–Kier alpha value is -0.320. The minimum atomic E-state index is 0. The molecule has 19 heavy (non-hydrogen) atoms. The Kier molecular flexibility index (Phi) is 7.11. The Morgan fingerprint density at radius 2 is 1.95 bits per heavy atom. The number of halogens is 1. The van der Waals surface area contributed by atoms with Gasteiger partial charge in [0.25, 0.3) is 0 Å². The Bertz CT molecular complexity index is 275. The maximum atomic E-state index is 11.9. The molecular formula is C14H27ClN2O2. The van der Waals surface area contributed by atoms with Gasteiger partial charge in [0, 0.05) is 25.1 Å². The van der Waals surface area contributed by atoms with E-state index >= 15 is 0 Å². The second-order valence-corrected chi connectivity index (χ2v) is 5.72. The molecule has 2 fully saturated rings. The smallest absolute Gasteiger partial charge is 0.222 e. The quantitative estimate of drug-likeness (QED) is 0.760. The van der Waals surface area contributed by atoms with Gasteiger partial charge in [-0.25, -0.2) is 0 Å². The fraction of sp³-hybridized carbons (Fsp3) is 0.929. The number of carbonyl (C=O) groups is 1. The summed E-state index contributed by atoms with van der Waals surface area (Å²) in [6, 6.07) is 0.713. The summed E-state index contributed by atoms with van der Waals surface area (Å²) in [4.78, 5) is 11.9. The highest BCUT2D eigenvalue weighted by molar-refractivity contribution is 5.85. The lowest BCUT2D eigenvalue weighted by atomic mass is 9.67. The molecule has 0 aromatic rings. The van der Waals surface area contributed by atoms with E-state index in [9.17, 15) is 4.79 Å². The second-order valence-electron chi connectivity index (χ2n) is 5.72. The minimum absolute atomic E-state index is 0. The van der Waals surface area contributed by atoms with Crippen molar-refractivity contribution >= 4 is 18.3 Å². The topological polar surface area (TPSA) is 64.3 Å². The molecule has 1 amide bonds. The molecule has 0 radical (unpaired) electrons. The van der Waals surface area contributed by atoms with Crippen molar-refractivity contribution in [3.63, 3.8) is 0 Å². The van der Waals surface area contributed by atoms with Gasteiger partial charge in [0.15, 0.2) is 0 Å². The van der Waals surface area contributed by atoms with Crippen LogP contribution in [0, 0.1) is 11.8 Å². The summed E-state index contributed by atoms with van der Waals surface area (Å²) in [7, 11) is 0. The van der Waals surface area contributed by atoms with Crippen LogP contribution in [-0.4, -0.2) is 31.2 Å². The van der Waals surface area contributed by atoms with Gasteiger partial charge in [-0.15, -0.1) is 12.4 Å². The van der Waals surface area contributed by atoms with Crippen LogP contribution in [0.15, 0.2) is 0 Å². The van der Waals surface area contributed by atoms with Gasteiger partial charge in [-0.2, -0.15) is 0 Å². The molecule has 5 heteroatoms. The molecule has 3 N–H and O–H groups in total. The summed E-state index contributed by atoms with van der Waals surface area (Å²) < 4.78 is 5.22. The summed E-state index contributed by atoms with van der Waals surface area (Å²) in [5.74, 6) is 1.34. The van der Waals surface area contributed by atoms with Crippen molar-refractivity contribution in [2.24, 2.45) is 17.6 Å². The number of ether oxygens (including phenoxy) is 1. The van der Waals surface area contributed by atoms with Crippen LogP contribution in [-0.2, 0) is 9.53 Å². The standard InChI is InChI=1S/C14H26N2O2.ClH/c1-2-18-7-6-13(17)16-14-10-4-3-5-11(14)9-12(15)8-10;/h10-12,14H,2-9,15H2,1H3,(H,16,17);1H. The lowest BCUT2D eigenvalue weighted by molar-refractivity contribution is -0.124. The average molecular weight is 291 g/mol. The van der Waals surface area contributed by atoms with Crippen molar-refractivity contribution in [1.82, 2.24) is 5.32 Å². The molecule has 0 heterocycles. The van der Waals surface area contributed by atoms with Crippen LogP contribution in [0.5, 0.6) is 0 Å². The zero-order valence-corrected chi connectivity index (χ0v) is 12.6. The van der Waals surface area contributed by atoms with Gasteiger partial charge >= 0.3 is 0 Å². The van der Waals surface area contributed by atoms with Crippen LogP contribution >= 0.6 is 12.4 Å². The zero-order chi connectivity index (χ0) is 13.0. The highest BCUT2D eigenvalue weighted by atomic mass is 35.5. The van der Waals surface area contributed by atoms with Crippen LogP contribution in [0.3, 0.4) is 0 Å². The average Bonchev–Trinajstić information content (AvgIpc) is 2.31. The molecule has 0 aliphatic heterocycles. The molecular weight excluding hydrogens is 264 g/mol. The summed E-state index contributed by atoms with van der Waals surface area (Å²) in [6.07, 6.45) is 6.38. The summed E-state index contributed by atoms with van der Waals surface area (Å²) in [6.45, 7) is 3.16. The van der Waals surface area contributed by atoms with E-state index in [1.807, 2.05) is 6.92 Å². The van der Waals surface area contributed by atoms with E-state index < -0.39 is 0 Å².